The molecule has 0 saturated carbocycles. The summed E-state index contributed by atoms with van der Waals surface area (Å²) in [6.07, 6.45) is 4.31. The van der Waals surface area contributed by atoms with Crippen LogP contribution in [0, 0.1) is 4.64 Å². The van der Waals surface area contributed by atoms with Gasteiger partial charge in [-0.2, -0.15) is 0 Å². The third-order valence-corrected chi connectivity index (χ3v) is 4.22. The van der Waals surface area contributed by atoms with E-state index in [4.69, 9.17) is 12.2 Å². The number of hydrogen-bond acceptors (Lipinski definition) is 3. The Hall–Kier alpha value is -1.98. The average molecular weight is 313 g/mol. The van der Waals surface area contributed by atoms with Gasteiger partial charge in [0, 0.05) is 18.4 Å². The number of carbonyl (C=O) groups is 1. The van der Waals surface area contributed by atoms with Crippen molar-refractivity contribution in [3.05, 3.63) is 58.4 Å². The fourth-order valence-corrected chi connectivity index (χ4v) is 2.92. The number of likely N-dealkylation sites (tertiary alicyclic amines) is 1. The van der Waals surface area contributed by atoms with E-state index in [1.807, 2.05) is 12.1 Å². The lowest BCUT2D eigenvalue weighted by Crippen LogP contribution is -2.18. The molecule has 0 bridgehead atoms. The Morgan fingerprint density at radius 3 is 2.59 bits per heavy atom. The summed E-state index contributed by atoms with van der Waals surface area (Å²) in [5, 5.41) is 2.88. The third kappa shape index (κ3) is 3.61. The molecule has 1 aliphatic rings. The summed E-state index contributed by atoms with van der Waals surface area (Å²) in [5.41, 5.74) is 2.55. The highest BCUT2D eigenvalue weighted by molar-refractivity contribution is 7.71. The lowest BCUT2D eigenvalue weighted by molar-refractivity contribution is 0.102. The van der Waals surface area contributed by atoms with Gasteiger partial charge in [-0.3, -0.25) is 9.69 Å². The summed E-state index contributed by atoms with van der Waals surface area (Å²) in [5.74, 6) is -0.186. The van der Waals surface area contributed by atoms with Crippen molar-refractivity contribution in [2.75, 3.05) is 18.4 Å². The molecule has 5 heteroatoms. The standard InChI is InChI=1S/C17H19N3OS/c21-16(15-4-3-9-18-17(15)22)19-14-7-5-13(6-8-14)12-20-10-1-2-11-20/h3-9H,1-2,10-12H2,(H,18,22)(H,19,21). The number of rotatable bonds is 4. The van der Waals surface area contributed by atoms with Crippen molar-refractivity contribution in [3.8, 4) is 0 Å². The van der Waals surface area contributed by atoms with Gasteiger partial charge in [0.25, 0.3) is 5.91 Å². The predicted molar refractivity (Wildman–Crippen MR) is 90.5 cm³/mol. The number of benzene rings is 1. The first kappa shape index (κ1) is 14.9. The monoisotopic (exact) mass is 313 g/mol. The number of anilines is 1. The minimum atomic E-state index is -0.186. The van der Waals surface area contributed by atoms with Crippen LogP contribution in [-0.4, -0.2) is 28.9 Å². The molecule has 4 nitrogen and oxygen atoms in total. The van der Waals surface area contributed by atoms with Crippen LogP contribution in [-0.2, 0) is 6.54 Å². The zero-order valence-electron chi connectivity index (χ0n) is 12.3. The fraction of sp³-hybridized carbons (Fsp3) is 0.294. The van der Waals surface area contributed by atoms with Gasteiger partial charge in [-0.15, -0.1) is 0 Å². The average Bonchev–Trinajstić information content (AvgIpc) is 3.02. The minimum Gasteiger partial charge on any atom is -0.352 e. The molecule has 0 atom stereocenters. The lowest BCUT2D eigenvalue weighted by Gasteiger charge is -2.14. The number of amides is 1. The molecule has 0 spiro atoms. The summed E-state index contributed by atoms with van der Waals surface area (Å²) < 4.78 is 0.450. The Bertz CT molecular complexity index is 702. The summed E-state index contributed by atoms with van der Waals surface area (Å²) in [6, 6.07) is 11.5. The number of H-pyrrole nitrogens is 1. The third-order valence-electron chi connectivity index (χ3n) is 3.88. The van der Waals surface area contributed by atoms with Gasteiger partial charge in [0.15, 0.2) is 0 Å². The van der Waals surface area contributed by atoms with Gasteiger partial charge in [-0.25, -0.2) is 0 Å². The summed E-state index contributed by atoms with van der Waals surface area (Å²) in [6.45, 7) is 3.35. The van der Waals surface area contributed by atoms with Crippen LogP contribution in [0.25, 0.3) is 0 Å². The number of nitrogens with zero attached hydrogens (tertiary/aromatic N) is 1. The zero-order valence-corrected chi connectivity index (χ0v) is 13.2. The second kappa shape index (κ2) is 6.85. The smallest absolute Gasteiger partial charge is 0.258 e. The highest BCUT2D eigenvalue weighted by Crippen LogP contribution is 2.16. The molecule has 0 radical (unpaired) electrons. The molecule has 1 saturated heterocycles. The van der Waals surface area contributed by atoms with Crippen LogP contribution >= 0.6 is 12.2 Å². The fourth-order valence-electron chi connectivity index (χ4n) is 2.69. The Morgan fingerprint density at radius 2 is 1.91 bits per heavy atom. The molecule has 2 aromatic rings. The molecular formula is C17H19N3OS. The maximum Gasteiger partial charge on any atom is 0.258 e. The van der Waals surface area contributed by atoms with Crippen LogP contribution in [0.5, 0.6) is 0 Å². The van der Waals surface area contributed by atoms with E-state index in [1.165, 1.54) is 31.5 Å². The van der Waals surface area contributed by atoms with Crippen molar-refractivity contribution in [1.29, 1.82) is 0 Å². The molecule has 1 aromatic heterocycles. The van der Waals surface area contributed by atoms with Gasteiger partial charge in [0.2, 0.25) is 0 Å². The second-order valence-corrected chi connectivity index (χ2v) is 5.96. The summed E-state index contributed by atoms with van der Waals surface area (Å²) >= 11 is 5.12. The largest absolute Gasteiger partial charge is 0.352 e. The molecule has 22 heavy (non-hydrogen) atoms. The second-order valence-electron chi connectivity index (χ2n) is 5.55. The maximum absolute atomic E-state index is 12.2. The number of aromatic amines is 1. The minimum absolute atomic E-state index is 0.186. The number of pyridine rings is 1. The van der Waals surface area contributed by atoms with Crippen LogP contribution in [0.4, 0.5) is 5.69 Å². The van der Waals surface area contributed by atoms with Gasteiger partial charge in [0.05, 0.1) is 5.56 Å². The molecule has 1 amide bonds. The topological polar surface area (TPSA) is 48.1 Å². The molecule has 3 rings (SSSR count). The van der Waals surface area contributed by atoms with E-state index >= 15 is 0 Å². The Balaban J connectivity index is 1.64. The van der Waals surface area contributed by atoms with E-state index in [9.17, 15) is 4.79 Å². The van der Waals surface area contributed by atoms with Crippen molar-refractivity contribution in [2.45, 2.75) is 19.4 Å². The van der Waals surface area contributed by atoms with E-state index in [0.717, 1.165) is 12.2 Å². The maximum atomic E-state index is 12.2. The molecule has 1 fully saturated rings. The molecule has 1 aliphatic heterocycles. The zero-order chi connectivity index (χ0) is 15.4. The Morgan fingerprint density at radius 1 is 1.18 bits per heavy atom. The van der Waals surface area contributed by atoms with Crippen molar-refractivity contribution in [1.82, 2.24) is 9.88 Å². The lowest BCUT2D eigenvalue weighted by atomic mass is 10.2. The summed E-state index contributed by atoms with van der Waals surface area (Å²) in [4.78, 5) is 17.5. The Kier molecular flexibility index (Phi) is 4.65. The van der Waals surface area contributed by atoms with Crippen LogP contribution in [0.15, 0.2) is 42.6 Å². The van der Waals surface area contributed by atoms with Gasteiger partial charge in [0.1, 0.15) is 4.64 Å². The first-order chi connectivity index (χ1) is 10.7. The van der Waals surface area contributed by atoms with Crippen molar-refractivity contribution >= 4 is 23.8 Å². The highest BCUT2D eigenvalue weighted by Gasteiger charge is 2.12. The van der Waals surface area contributed by atoms with E-state index in [2.05, 4.69) is 27.3 Å². The normalized spacial score (nSPS) is 14.9. The molecule has 2 heterocycles. The SMILES string of the molecule is O=C(Nc1ccc(CN2CCCC2)cc1)c1ccc[nH]c1=S. The van der Waals surface area contributed by atoms with Gasteiger partial charge >= 0.3 is 0 Å². The van der Waals surface area contributed by atoms with Crippen molar-refractivity contribution < 1.29 is 4.79 Å². The first-order valence-corrected chi connectivity index (χ1v) is 7.93. The molecular weight excluding hydrogens is 294 g/mol. The van der Waals surface area contributed by atoms with Crippen molar-refractivity contribution in [3.63, 3.8) is 0 Å². The summed E-state index contributed by atoms with van der Waals surface area (Å²) in [7, 11) is 0. The number of carbonyl (C=O) groups excluding carboxylic acids is 1. The number of hydrogen-bond donors (Lipinski definition) is 2. The predicted octanol–water partition coefficient (Wildman–Crippen LogP) is 3.59. The number of aromatic nitrogens is 1. The Labute approximate surface area is 135 Å². The van der Waals surface area contributed by atoms with Crippen LogP contribution in [0.2, 0.25) is 0 Å². The number of nitrogens with one attached hydrogen (secondary N) is 2. The van der Waals surface area contributed by atoms with E-state index < -0.39 is 0 Å². The quantitative estimate of drug-likeness (QED) is 0.848. The first-order valence-electron chi connectivity index (χ1n) is 7.53. The van der Waals surface area contributed by atoms with E-state index in [-0.39, 0.29) is 5.91 Å². The van der Waals surface area contributed by atoms with Crippen LogP contribution in [0.3, 0.4) is 0 Å². The molecule has 0 aliphatic carbocycles. The highest BCUT2D eigenvalue weighted by atomic mass is 32.1. The molecule has 1 aromatic carbocycles. The molecule has 0 unspecified atom stereocenters. The van der Waals surface area contributed by atoms with Gasteiger partial charge < -0.3 is 10.3 Å². The molecule has 114 valence electrons. The van der Waals surface area contributed by atoms with E-state index in [0.29, 0.717) is 10.2 Å². The van der Waals surface area contributed by atoms with Crippen molar-refractivity contribution in [2.24, 2.45) is 0 Å². The van der Waals surface area contributed by atoms with Crippen LogP contribution < -0.4 is 5.32 Å². The van der Waals surface area contributed by atoms with E-state index in [1.54, 1.807) is 18.3 Å². The van der Waals surface area contributed by atoms with Crippen LogP contribution in [0.1, 0.15) is 28.8 Å². The van der Waals surface area contributed by atoms with Gasteiger partial charge in [-0.05, 0) is 55.8 Å². The molecule has 2 N–H and O–H groups in total. The van der Waals surface area contributed by atoms with Gasteiger partial charge in [-0.1, -0.05) is 24.4 Å².